The van der Waals surface area contributed by atoms with Crippen molar-refractivity contribution in [1.29, 1.82) is 0 Å². The van der Waals surface area contributed by atoms with Gasteiger partial charge in [-0.15, -0.1) is 11.3 Å². The van der Waals surface area contributed by atoms with E-state index in [1.807, 2.05) is 53.4 Å². The van der Waals surface area contributed by atoms with E-state index in [-0.39, 0.29) is 17.7 Å². The number of hydrogen-bond acceptors (Lipinski definition) is 5. The molecule has 3 aromatic rings. The van der Waals surface area contributed by atoms with E-state index in [4.69, 9.17) is 11.6 Å². The number of benzene rings is 2. The molecule has 162 valence electrons. The number of fused-ring (bicyclic) bond motifs is 1. The highest BCUT2D eigenvalue weighted by molar-refractivity contribution is 8.01. The van der Waals surface area contributed by atoms with E-state index in [0.717, 1.165) is 26.5 Å². The van der Waals surface area contributed by atoms with Crippen molar-refractivity contribution < 1.29 is 9.59 Å². The molecule has 31 heavy (non-hydrogen) atoms. The van der Waals surface area contributed by atoms with Crippen LogP contribution >= 0.6 is 34.7 Å². The molecule has 0 saturated carbocycles. The second kappa shape index (κ2) is 10.5. The van der Waals surface area contributed by atoms with E-state index in [1.54, 1.807) is 11.3 Å². The highest BCUT2D eigenvalue weighted by Gasteiger charge is 2.27. The molecule has 1 aliphatic rings. The smallest absolute Gasteiger partial charge is 0.233 e. The van der Waals surface area contributed by atoms with Crippen molar-refractivity contribution in [2.24, 2.45) is 5.92 Å². The molecule has 2 amide bonds. The molecule has 0 spiro atoms. The third-order valence-electron chi connectivity index (χ3n) is 5.44. The number of amides is 2. The van der Waals surface area contributed by atoms with Gasteiger partial charge in [0.2, 0.25) is 11.8 Å². The van der Waals surface area contributed by atoms with Gasteiger partial charge in [0.1, 0.15) is 0 Å². The molecular weight excluding hydrogens is 450 g/mol. The second-order valence-electron chi connectivity index (χ2n) is 7.56. The molecule has 1 fully saturated rings. The minimum absolute atomic E-state index is 0.0221. The lowest BCUT2D eigenvalue weighted by atomic mass is 9.96. The molecule has 2 aromatic carbocycles. The first-order valence-corrected chi connectivity index (χ1v) is 12.5. The fraction of sp³-hybridized carbons (Fsp3) is 0.348. The fourth-order valence-corrected chi connectivity index (χ4v) is 5.74. The number of hydrogen-bond donors (Lipinski definition) is 1. The van der Waals surface area contributed by atoms with Gasteiger partial charge >= 0.3 is 0 Å². The molecule has 5 nitrogen and oxygen atoms in total. The minimum Gasteiger partial charge on any atom is -0.356 e. The Labute approximate surface area is 195 Å². The van der Waals surface area contributed by atoms with Crippen LogP contribution in [0.4, 0.5) is 0 Å². The van der Waals surface area contributed by atoms with Crippen molar-refractivity contribution in [3.05, 3.63) is 59.1 Å². The third-order valence-corrected chi connectivity index (χ3v) is 7.85. The van der Waals surface area contributed by atoms with Crippen LogP contribution in [0.2, 0.25) is 5.02 Å². The summed E-state index contributed by atoms with van der Waals surface area (Å²) in [7, 11) is 0. The van der Waals surface area contributed by atoms with Gasteiger partial charge in [0.05, 0.1) is 16.0 Å². The number of thiazole rings is 1. The summed E-state index contributed by atoms with van der Waals surface area (Å²) in [4.78, 5) is 31.5. The normalized spacial score (nSPS) is 14.7. The van der Waals surface area contributed by atoms with Crippen LogP contribution in [0.5, 0.6) is 0 Å². The maximum atomic E-state index is 12.6. The van der Waals surface area contributed by atoms with Crippen LogP contribution in [0.3, 0.4) is 0 Å². The van der Waals surface area contributed by atoms with Crippen LogP contribution in [-0.2, 0) is 16.0 Å². The molecule has 0 aliphatic carbocycles. The van der Waals surface area contributed by atoms with Crippen LogP contribution in [0.15, 0.2) is 52.9 Å². The number of piperidine rings is 1. The number of halogens is 1. The summed E-state index contributed by atoms with van der Waals surface area (Å²) >= 11 is 9.01. The van der Waals surface area contributed by atoms with E-state index in [9.17, 15) is 9.59 Å². The fourth-order valence-electron chi connectivity index (χ4n) is 3.64. The SMILES string of the molecule is O=C(NCCc1ccc(Cl)cc1)C1CCN(C(=O)CSc2nc3ccccc3s2)CC1. The number of likely N-dealkylation sites (tertiary alicyclic amines) is 1. The van der Waals surface area contributed by atoms with E-state index in [0.29, 0.717) is 43.3 Å². The number of rotatable bonds is 7. The van der Waals surface area contributed by atoms with E-state index < -0.39 is 0 Å². The number of carbonyl (C=O) groups is 2. The Morgan fingerprint density at radius 2 is 1.87 bits per heavy atom. The van der Waals surface area contributed by atoms with Gasteiger partial charge in [-0.2, -0.15) is 0 Å². The minimum atomic E-state index is -0.0221. The average molecular weight is 474 g/mol. The zero-order chi connectivity index (χ0) is 21.6. The Kier molecular flexibility index (Phi) is 7.48. The number of nitrogens with zero attached hydrogens (tertiary/aromatic N) is 2. The quantitative estimate of drug-likeness (QED) is 0.508. The highest BCUT2D eigenvalue weighted by Crippen LogP contribution is 2.29. The van der Waals surface area contributed by atoms with Crippen molar-refractivity contribution in [2.45, 2.75) is 23.6 Å². The van der Waals surface area contributed by atoms with E-state index >= 15 is 0 Å². The van der Waals surface area contributed by atoms with Gasteiger partial charge in [0, 0.05) is 30.6 Å². The summed E-state index contributed by atoms with van der Waals surface area (Å²) in [6.07, 6.45) is 2.21. The third kappa shape index (κ3) is 5.99. The molecule has 0 unspecified atom stereocenters. The number of nitrogens with one attached hydrogen (secondary N) is 1. The molecule has 1 saturated heterocycles. The Bertz CT molecular complexity index is 1010. The van der Waals surface area contributed by atoms with Crippen LogP contribution in [0.25, 0.3) is 10.2 Å². The van der Waals surface area contributed by atoms with Crippen molar-refractivity contribution in [1.82, 2.24) is 15.2 Å². The van der Waals surface area contributed by atoms with E-state index in [2.05, 4.69) is 10.3 Å². The molecule has 1 aliphatic heterocycles. The van der Waals surface area contributed by atoms with Gasteiger partial charge in [-0.3, -0.25) is 9.59 Å². The maximum Gasteiger partial charge on any atom is 0.233 e. The first-order chi connectivity index (χ1) is 15.1. The van der Waals surface area contributed by atoms with Gasteiger partial charge in [0.25, 0.3) is 0 Å². The predicted molar refractivity (Wildman–Crippen MR) is 128 cm³/mol. The van der Waals surface area contributed by atoms with Crippen molar-refractivity contribution >= 4 is 56.7 Å². The first-order valence-electron chi connectivity index (χ1n) is 10.4. The molecule has 0 atom stereocenters. The number of carbonyl (C=O) groups excluding carboxylic acids is 2. The summed E-state index contributed by atoms with van der Waals surface area (Å²) in [5, 5.41) is 3.75. The lowest BCUT2D eigenvalue weighted by Crippen LogP contribution is -2.43. The van der Waals surface area contributed by atoms with Crippen LogP contribution in [-0.4, -0.2) is 47.1 Å². The molecule has 0 bridgehead atoms. The number of aromatic nitrogens is 1. The first kappa shape index (κ1) is 22.1. The summed E-state index contributed by atoms with van der Waals surface area (Å²) in [6, 6.07) is 15.7. The monoisotopic (exact) mass is 473 g/mol. The topological polar surface area (TPSA) is 62.3 Å². The molecule has 0 radical (unpaired) electrons. The van der Waals surface area contributed by atoms with Crippen molar-refractivity contribution in [2.75, 3.05) is 25.4 Å². The molecule has 8 heteroatoms. The van der Waals surface area contributed by atoms with Crippen LogP contribution in [0.1, 0.15) is 18.4 Å². The summed E-state index contributed by atoms with van der Waals surface area (Å²) in [5.41, 5.74) is 2.13. The second-order valence-corrected chi connectivity index (χ2v) is 10.2. The van der Waals surface area contributed by atoms with Gasteiger partial charge < -0.3 is 10.2 Å². The zero-order valence-electron chi connectivity index (χ0n) is 17.1. The zero-order valence-corrected chi connectivity index (χ0v) is 19.4. The van der Waals surface area contributed by atoms with Crippen LogP contribution < -0.4 is 5.32 Å². The number of para-hydroxylation sites is 1. The molecule has 2 heterocycles. The Hall–Kier alpha value is -2.09. The van der Waals surface area contributed by atoms with Gasteiger partial charge in [0.15, 0.2) is 4.34 Å². The molecule has 1 N–H and O–H groups in total. The Morgan fingerprint density at radius 3 is 2.61 bits per heavy atom. The molecule has 4 rings (SSSR count). The average Bonchev–Trinajstić information content (AvgIpc) is 3.22. The summed E-state index contributed by atoms with van der Waals surface area (Å²) < 4.78 is 2.06. The molecular formula is C23H24ClN3O2S2. The Morgan fingerprint density at radius 1 is 1.13 bits per heavy atom. The van der Waals surface area contributed by atoms with Crippen LogP contribution in [0, 0.1) is 5.92 Å². The lowest BCUT2D eigenvalue weighted by molar-refractivity contribution is -0.133. The molecule has 1 aromatic heterocycles. The van der Waals surface area contributed by atoms with E-state index in [1.165, 1.54) is 11.8 Å². The largest absolute Gasteiger partial charge is 0.356 e. The van der Waals surface area contributed by atoms with Crippen molar-refractivity contribution in [3.63, 3.8) is 0 Å². The maximum absolute atomic E-state index is 12.6. The van der Waals surface area contributed by atoms with Gasteiger partial charge in [-0.05, 0) is 49.1 Å². The summed E-state index contributed by atoms with van der Waals surface area (Å²) in [6.45, 7) is 1.88. The number of thioether (sulfide) groups is 1. The van der Waals surface area contributed by atoms with Gasteiger partial charge in [-0.25, -0.2) is 4.98 Å². The Balaban J connectivity index is 1.17. The lowest BCUT2D eigenvalue weighted by Gasteiger charge is -2.31. The van der Waals surface area contributed by atoms with Gasteiger partial charge in [-0.1, -0.05) is 47.6 Å². The predicted octanol–water partition coefficient (Wildman–Crippen LogP) is 4.64. The standard InChI is InChI=1S/C23H24ClN3O2S2/c24-18-7-5-16(6-8-18)9-12-25-22(29)17-10-13-27(14-11-17)21(28)15-30-23-26-19-3-1-2-4-20(19)31-23/h1-8,17H,9-15H2,(H,25,29). The summed E-state index contributed by atoms with van der Waals surface area (Å²) in [5.74, 6) is 0.569. The van der Waals surface area contributed by atoms with Crippen molar-refractivity contribution in [3.8, 4) is 0 Å². The highest BCUT2D eigenvalue weighted by atomic mass is 35.5.